The zero-order chi connectivity index (χ0) is 13.4. The van der Waals surface area contributed by atoms with Gasteiger partial charge in [-0.25, -0.2) is 0 Å². The lowest BCUT2D eigenvalue weighted by atomic mass is 9.96. The lowest BCUT2D eigenvalue weighted by Gasteiger charge is -2.31. The van der Waals surface area contributed by atoms with Crippen molar-refractivity contribution < 1.29 is 14.3 Å². The number of ether oxygens (including phenoxy) is 2. The van der Waals surface area contributed by atoms with Crippen LogP contribution in [0.2, 0.25) is 0 Å². The van der Waals surface area contributed by atoms with Crippen molar-refractivity contribution in [2.75, 3.05) is 32.8 Å². The normalized spacial score (nSPS) is 18.4. The first kappa shape index (κ1) is 15.4. The van der Waals surface area contributed by atoms with Crippen LogP contribution in [0.5, 0.6) is 0 Å². The number of primary amides is 1. The number of carbonyl (C=O) groups excluding carboxylic acids is 1. The fourth-order valence-corrected chi connectivity index (χ4v) is 2.32. The molecule has 0 radical (unpaired) electrons. The Labute approximate surface area is 110 Å². The molecule has 0 atom stereocenters. The smallest absolute Gasteiger partial charge is 0.220 e. The zero-order valence-corrected chi connectivity index (χ0v) is 11.6. The van der Waals surface area contributed by atoms with Crippen LogP contribution < -0.4 is 5.73 Å². The van der Waals surface area contributed by atoms with Gasteiger partial charge in [0.05, 0.1) is 0 Å². The molecular weight excluding hydrogens is 232 g/mol. The third-order valence-electron chi connectivity index (χ3n) is 3.38. The summed E-state index contributed by atoms with van der Waals surface area (Å²) in [6.07, 6.45) is 2.53. The monoisotopic (exact) mass is 258 g/mol. The third-order valence-corrected chi connectivity index (χ3v) is 3.38. The highest BCUT2D eigenvalue weighted by Crippen LogP contribution is 2.17. The Morgan fingerprint density at radius 1 is 1.28 bits per heavy atom. The summed E-state index contributed by atoms with van der Waals surface area (Å²) in [4.78, 5) is 13.4. The highest BCUT2D eigenvalue weighted by Gasteiger charge is 2.23. The third kappa shape index (κ3) is 5.33. The van der Waals surface area contributed by atoms with Crippen LogP contribution in [0.15, 0.2) is 0 Å². The number of rotatable bonds is 8. The zero-order valence-electron chi connectivity index (χ0n) is 11.6. The van der Waals surface area contributed by atoms with E-state index in [2.05, 4.69) is 4.90 Å². The summed E-state index contributed by atoms with van der Waals surface area (Å²) in [7, 11) is 0. The van der Waals surface area contributed by atoms with Gasteiger partial charge < -0.3 is 20.1 Å². The molecule has 0 aromatic rings. The summed E-state index contributed by atoms with van der Waals surface area (Å²) in [5.74, 6) is -0.0908. The van der Waals surface area contributed by atoms with Gasteiger partial charge >= 0.3 is 0 Å². The van der Waals surface area contributed by atoms with Crippen molar-refractivity contribution in [2.45, 2.75) is 39.4 Å². The van der Waals surface area contributed by atoms with Crippen molar-refractivity contribution in [3.05, 3.63) is 0 Å². The molecule has 1 aliphatic heterocycles. The SMILES string of the molecule is CCOC(CCN1CCC(C(N)=O)CC1)OCC. The maximum atomic E-state index is 11.1. The highest BCUT2D eigenvalue weighted by atomic mass is 16.7. The molecule has 0 bridgehead atoms. The minimum Gasteiger partial charge on any atom is -0.369 e. The van der Waals surface area contributed by atoms with Gasteiger partial charge in [0, 0.05) is 32.1 Å². The van der Waals surface area contributed by atoms with Crippen LogP contribution in [-0.2, 0) is 14.3 Å². The number of likely N-dealkylation sites (tertiary alicyclic amines) is 1. The average molecular weight is 258 g/mol. The van der Waals surface area contributed by atoms with Crippen LogP contribution in [0.3, 0.4) is 0 Å². The number of amides is 1. The molecule has 0 aromatic heterocycles. The Hall–Kier alpha value is -0.650. The van der Waals surface area contributed by atoms with Crippen molar-refractivity contribution in [1.29, 1.82) is 0 Å². The van der Waals surface area contributed by atoms with Crippen molar-refractivity contribution in [2.24, 2.45) is 11.7 Å². The van der Waals surface area contributed by atoms with E-state index in [4.69, 9.17) is 15.2 Å². The standard InChI is InChI=1S/C13H26N2O3/c1-3-17-12(18-4-2)7-10-15-8-5-11(6-9-15)13(14)16/h11-12H,3-10H2,1-2H3,(H2,14,16). The Morgan fingerprint density at radius 2 is 1.83 bits per heavy atom. The van der Waals surface area contributed by atoms with Crippen molar-refractivity contribution in [1.82, 2.24) is 4.90 Å². The molecule has 0 unspecified atom stereocenters. The number of piperidine rings is 1. The van der Waals surface area contributed by atoms with E-state index < -0.39 is 0 Å². The van der Waals surface area contributed by atoms with Crippen LogP contribution in [-0.4, -0.2) is 49.9 Å². The molecule has 1 amide bonds. The molecule has 0 aliphatic carbocycles. The van der Waals surface area contributed by atoms with Gasteiger partial charge in [0.25, 0.3) is 0 Å². The Kier molecular flexibility index (Phi) is 7.23. The fraction of sp³-hybridized carbons (Fsp3) is 0.923. The van der Waals surface area contributed by atoms with E-state index in [1.54, 1.807) is 0 Å². The molecule has 0 aromatic carbocycles. The van der Waals surface area contributed by atoms with Crippen LogP contribution in [0.25, 0.3) is 0 Å². The Morgan fingerprint density at radius 3 is 2.28 bits per heavy atom. The molecule has 2 N–H and O–H groups in total. The van der Waals surface area contributed by atoms with Crippen LogP contribution in [0, 0.1) is 5.92 Å². The van der Waals surface area contributed by atoms with E-state index in [0.29, 0.717) is 13.2 Å². The molecule has 18 heavy (non-hydrogen) atoms. The first-order valence-corrected chi connectivity index (χ1v) is 6.92. The average Bonchev–Trinajstić information content (AvgIpc) is 2.37. The minimum absolute atomic E-state index is 0.0656. The van der Waals surface area contributed by atoms with Crippen LogP contribution >= 0.6 is 0 Å². The second-order valence-electron chi connectivity index (χ2n) is 4.65. The largest absolute Gasteiger partial charge is 0.369 e. The Bertz CT molecular complexity index is 234. The van der Waals surface area contributed by atoms with Crippen molar-refractivity contribution in [3.63, 3.8) is 0 Å². The summed E-state index contributed by atoms with van der Waals surface area (Å²) in [6, 6.07) is 0. The second-order valence-corrected chi connectivity index (χ2v) is 4.65. The molecule has 1 saturated heterocycles. The summed E-state index contributed by atoms with van der Waals surface area (Å²) < 4.78 is 11.0. The van der Waals surface area contributed by atoms with Crippen LogP contribution in [0.1, 0.15) is 33.1 Å². The first-order chi connectivity index (χ1) is 8.67. The second kappa shape index (κ2) is 8.45. The van der Waals surface area contributed by atoms with Crippen molar-refractivity contribution >= 4 is 5.91 Å². The maximum absolute atomic E-state index is 11.1. The minimum atomic E-state index is -0.156. The maximum Gasteiger partial charge on any atom is 0.220 e. The van der Waals surface area contributed by atoms with Gasteiger partial charge in [-0.3, -0.25) is 4.79 Å². The molecule has 1 aliphatic rings. The number of nitrogens with two attached hydrogens (primary N) is 1. The lowest BCUT2D eigenvalue weighted by molar-refractivity contribution is -0.142. The number of hydrogen-bond acceptors (Lipinski definition) is 4. The topological polar surface area (TPSA) is 64.8 Å². The molecule has 5 heteroatoms. The quantitative estimate of drug-likeness (QED) is 0.659. The molecular formula is C13H26N2O3. The predicted octanol–water partition coefficient (Wildman–Crippen LogP) is 0.973. The number of hydrogen-bond donors (Lipinski definition) is 1. The number of nitrogens with zero attached hydrogens (tertiary/aromatic N) is 1. The first-order valence-electron chi connectivity index (χ1n) is 6.92. The van der Waals surface area contributed by atoms with E-state index in [1.807, 2.05) is 13.8 Å². The van der Waals surface area contributed by atoms with Gasteiger partial charge in [0.2, 0.25) is 5.91 Å². The molecule has 1 rings (SSSR count). The van der Waals surface area contributed by atoms with Crippen molar-refractivity contribution in [3.8, 4) is 0 Å². The van der Waals surface area contributed by atoms with E-state index in [0.717, 1.165) is 38.9 Å². The molecule has 0 spiro atoms. The van der Waals surface area contributed by atoms with E-state index in [1.165, 1.54) is 0 Å². The van der Waals surface area contributed by atoms with E-state index >= 15 is 0 Å². The predicted molar refractivity (Wildman–Crippen MR) is 70.0 cm³/mol. The molecule has 1 heterocycles. The summed E-state index contributed by atoms with van der Waals surface area (Å²) in [5.41, 5.74) is 5.32. The summed E-state index contributed by atoms with van der Waals surface area (Å²) in [5, 5.41) is 0. The molecule has 0 saturated carbocycles. The molecule has 106 valence electrons. The fourth-order valence-electron chi connectivity index (χ4n) is 2.32. The Balaban J connectivity index is 2.21. The van der Waals surface area contributed by atoms with Gasteiger partial charge in [0.15, 0.2) is 6.29 Å². The van der Waals surface area contributed by atoms with E-state index in [-0.39, 0.29) is 18.1 Å². The number of carbonyl (C=O) groups is 1. The van der Waals surface area contributed by atoms with E-state index in [9.17, 15) is 4.79 Å². The van der Waals surface area contributed by atoms with Gasteiger partial charge in [-0.1, -0.05) is 0 Å². The van der Waals surface area contributed by atoms with Gasteiger partial charge in [-0.05, 0) is 39.8 Å². The lowest BCUT2D eigenvalue weighted by Crippen LogP contribution is -2.40. The molecule has 5 nitrogen and oxygen atoms in total. The van der Waals surface area contributed by atoms with Crippen LogP contribution in [0.4, 0.5) is 0 Å². The van der Waals surface area contributed by atoms with Gasteiger partial charge in [-0.15, -0.1) is 0 Å². The summed E-state index contributed by atoms with van der Waals surface area (Å²) >= 11 is 0. The molecule has 1 fully saturated rings. The highest BCUT2D eigenvalue weighted by molar-refractivity contribution is 5.76. The van der Waals surface area contributed by atoms with Gasteiger partial charge in [0.1, 0.15) is 0 Å². The van der Waals surface area contributed by atoms with Gasteiger partial charge in [-0.2, -0.15) is 0 Å². The summed E-state index contributed by atoms with van der Waals surface area (Å²) in [6.45, 7) is 8.14.